The topological polar surface area (TPSA) is 42.7 Å². The molecular formula is C13H20N4S. The van der Waals surface area contributed by atoms with E-state index in [1.807, 2.05) is 17.9 Å². The van der Waals surface area contributed by atoms with E-state index in [4.69, 9.17) is 0 Å². The molecule has 0 bridgehead atoms. The predicted molar refractivity (Wildman–Crippen MR) is 75.8 cm³/mol. The van der Waals surface area contributed by atoms with Crippen molar-refractivity contribution in [2.75, 3.05) is 6.54 Å². The van der Waals surface area contributed by atoms with Gasteiger partial charge in [-0.25, -0.2) is 4.98 Å². The molecule has 2 aromatic rings. The van der Waals surface area contributed by atoms with Gasteiger partial charge in [0.2, 0.25) is 0 Å². The first kappa shape index (κ1) is 13.2. The second-order valence-electron chi connectivity index (χ2n) is 4.36. The molecule has 0 radical (unpaired) electrons. The Bertz CT molecular complexity index is 515. The molecule has 1 unspecified atom stereocenters. The molecule has 0 aliphatic rings. The molecule has 0 aromatic carbocycles. The van der Waals surface area contributed by atoms with Gasteiger partial charge in [0.05, 0.1) is 11.3 Å². The zero-order chi connectivity index (χ0) is 13.1. The maximum atomic E-state index is 4.54. The van der Waals surface area contributed by atoms with E-state index in [-0.39, 0.29) is 0 Å². The first-order chi connectivity index (χ1) is 8.65. The van der Waals surface area contributed by atoms with Crippen molar-refractivity contribution < 1.29 is 0 Å². The van der Waals surface area contributed by atoms with Gasteiger partial charge in [-0.05, 0) is 19.9 Å². The Morgan fingerprint density at radius 2 is 2.22 bits per heavy atom. The number of nitrogens with one attached hydrogen (secondary N) is 1. The second kappa shape index (κ2) is 5.63. The van der Waals surface area contributed by atoms with Crippen molar-refractivity contribution in [2.24, 2.45) is 7.05 Å². The van der Waals surface area contributed by atoms with Crippen molar-refractivity contribution in [2.45, 2.75) is 33.2 Å². The third-order valence-electron chi connectivity index (χ3n) is 2.93. The number of thiazole rings is 1. The van der Waals surface area contributed by atoms with Crippen LogP contribution < -0.4 is 5.32 Å². The molecule has 0 amide bonds. The van der Waals surface area contributed by atoms with E-state index in [1.54, 1.807) is 11.3 Å². The molecule has 0 aliphatic heterocycles. The summed E-state index contributed by atoms with van der Waals surface area (Å²) in [5.74, 6) is 0. The number of hydrogen-bond donors (Lipinski definition) is 1. The Labute approximate surface area is 112 Å². The van der Waals surface area contributed by atoms with Crippen LogP contribution in [0.2, 0.25) is 0 Å². The molecular weight excluding hydrogens is 244 g/mol. The monoisotopic (exact) mass is 264 g/mol. The van der Waals surface area contributed by atoms with Crippen LogP contribution >= 0.6 is 11.3 Å². The molecule has 0 fully saturated rings. The van der Waals surface area contributed by atoms with Crippen LogP contribution in [0.3, 0.4) is 0 Å². The highest BCUT2D eigenvalue weighted by molar-refractivity contribution is 7.15. The van der Waals surface area contributed by atoms with Gasteiger partial charge in [-0.1, -0.05) is 13.8 Å². The summed E-state index contributed by atoms with van der Waals surface area (Å²) in [5.41, 5.74) is 2.29. The minimum atomic E-state index is 0.364. The summed E-state index contributed by atoms with van der Waals surface area (Å²) >= 11 is 1.75. The van der Waals surface area contributed by atoms with Gasteiger partial charge in [0.25, 0.3) is 0 Å². The van der Waals surface area contributed by atoms with Crippen LogP contribution in [0.25, 0.3) is 10.6 Å². The Morgan fingerprint density at radius 1 is 1.44 bits per heavy atom. The van der Waals surface area contributed by atoms with Crippen LogP contribution in [0.1, 0.15) is 37.4 Å². The van der Waals surface area contributed by atoms with Crippen molar-refractivity contribution in [1.82, 2.24) is 20.1 Å². The first-order valence-corrected chi connectivity index (χ1v) is 7.19. The quantitative estimate of drug-likeness (QED) is 0.903. The lowest BCUT2D eigenvalue weighted by molar-refractivity contribution is 0.606. The highest BCUT2D eigenvalue weighted by atomic mass is 32.1. The maximum Gasteiger partial charge on any atom is 0.127 e. The minimum Gasteiger partial charge on any atom is -0.310 e. The molecule has 5 heteroatoms. The first-order valence-electron chi connectivity index (χ1n) is 6.37. The Kier molecular flexibility index (Phi) is 4.14. The molecule has 0 spiro atoms. The predicted octanol–water partition coefficient (Wildman–Crippen LogP) is 2.78. The standard InChI is InChI=1S/C13H20N4S/c1-5-11-10(8-17(4)16-11)13-15-7-12(18-13)9(3)14-6-2/h7-9,14H,5-6H2,1-4H3. The van der Waals surface area contributed by atoms with Crippen LogP contribution in [-0.4, -0.2) is 21.3 Å². The van der Waals surface area contributed by atoms with Gasteiger partial charge >= 0.3 is 0 Å². The Balaban J connectivity index is 2.28. The fourth-order valence-corrected chi connectivity index (χ4v) is 2.97. The van der Waals surface area contributed by atoms with Gasteiger partial charge in [-0.15, -0.1) is 11.3 Å². The van der Waals surface area contributed by atoms with Crippen LogP contribution in [0.15, 0.2) is 12.4 Å². The van der Waals surface area contributed by atoms with E-state index in [0.29, 0.717) is 6.04 Å². The number of aryl methyl sites for hydroxylation is 2. The summed E-state index contributed by atoms with van der Waals surface area (Å²) in [4.78, 5) is 5.81. The van der Waals surface area contributed by atoms with Gasteiger partial charge in [0.1, 0.15) is 5.01 Å². The molecule has 2 heterocycles. The summed E-state index contributed by atoms with van der Waals surface area (Å²) in [5, 5.41) is 8.94. The van der Waals surface area contributed by atoms with Crippen LogP contribution in [0.5, 0.6) is 0 Å². The lowest BCUT2D eigenvalue weighted by Crippen LogP contribution is -2.16. The summed E-state index contributed by atoms with van der Waals surface area (Å²) < 4.78 is 1.86. The molecule has 1 N–H and O–H groups in total. The Hall–Kier alpha value is -1.20. The number of nitrogens with zero attached hydrogens (tertiary/aromatic N) is 3. The van der Waals surface area contributed by atoms with Gasteiger partial charge in [-0.3, -0.25) is 4.68 Å². The normalized spacial score (nSPS) is 12.9. The maximum absolute atomic E-state index is 4.54. The molecule has 98 valence electrons. The van der Waals surface area contributed by atoms with Crippen molar-refractivity contribution in [3.05, 3.63) is 23.0 Å². The average molecular weight is 264 g/mol. The van der Waals surface area contributed by atoms with Gasteiger partial charge in [0.15, 0.2) is 0 Å². The van der Waals surface area contributed by atoms with Crippen LogP contribution in [0.4, 0.5) is 0 Å². The summed E-state index contributed by atoms with van der Waals surface area (Å²) in [6, 6.07) is 0.364. The largest absolute Gasteiger partial charge is 0.310 e. The lowest BCUT2D eigenvalue weighted by atomic mass is 10.2. The molecule has 0 aliphatic carbocycles. The van der Waals surface area contributed by atoms with E-state index >= 15 is 0 Å². The van der Waals surface area contributed by atoms with E-state index < -0.39 is 0 Å². The second-order valence-corrected chi connectivity index (χ2v) is 5.43. The minimum absolute atomic E-state index is 0.364. The molecule has 0 saturated carbocycles. The van der Waals surface area contributed by atoms with Gasteiger partial charge in [0, 0.05) is 30.4 Å². The third kappa shape index (κ3) is 2.62. The van der Waals surface area contributed by atoms with Gasteiger partial charge < -0.3 is 5.32 Å². The number of rotatable bonds is 5. The van der Waals surface area contributed by atoms with E-state index in [1.165, 1.54) is 10.4 Å². The highest BCUT2D eigenvalue weighted by Gasteiger charge is 2.14. The Morgan fingerprint density at radius 3 is 2.89 bits per heavy atom. The smallest absolute Gasteiger partial charge is 0.127 e. The fourth-order valence-electron chi connectivity index (χ4n) is 1.99. The number of hydrogen-bond acceptors (Lipinski definition) is 4. The highest BCUT2D eigenvalue weighted by Crippen LogP contribution is 2.30. The molecule has 18 heavy (non-hydrogen) atoms. The van der Waals surface area contributed by atoms with Crippen LogP contribution in [0, 0.1) is 0 Å². The molecule has 2 aromatic heterocycles. The molecule has 4 nitrogen and oxygen atoms in total. The lowest BCUT2D eigenvalue weighted by Gasteiger charge is -2.08. The average Bonchev–Trinajstić information content (AvgIpc) is 2.95. The summed E-state index contributed by atoms with van der Waals surface area (Å²) in [6.45, 7) is 7.39. The van der Waals surface area contributed by atoms with Crippen molar-refractivity contribution in [3.8, 4) is 10.6 Å². The molecule has 1 atom stereocenters. The molecule has 0 saturated heterocycles. The summed E-state index contributed by atoms with van der Waals surface area (Å²) in [6.07, 6.45) is 4.97. The zero-order valence-electron chi connectivity index (χ0n) is 11.4. The van der Waals surface area contributed by atoms with Crippen molar-refractivity contribution in [3.63, 3.8) is 0 Å². The molecule has 2 rings (SSSR count). The third-order valence-corrected chi connectivity index (χ3v) is 4.14. The van der Waals surface area contributed by atoms with Crippen molar-refractivity contribution >= 4 is 11.3 Å². The SMILES string of the molecule is CCNC(C)c1cnc(-c2cn(C)nc2CC)s1. The number of aromatic nitrogens is 3. The van der Waals surface area contributed by atoms with E-state index in [9.17, 15) is 0 Å². The fraction of sp³-hybridized carbons (Fsp3) is 0.538. The van der Waals surface area contributed by atoms with E-state index in [0.717, 1.165) is 23.7 Å². The van der Waals surface area contributed by atoms with E-state index in [2.05, 4.69) is 42.4 Å². The zero-order valence-corrected chi connectivity index (χ0v) is 12.2. The van der Waals surface area contributed by atoms with Crippen molar-refractivity contribution in [1.29, 1.82) is 0 Å². The van der Waals surface area contributed by atoms with Gasteiger partial charge in [-0.2, -0.15) is 5.10 Å². The van der Waals surface area contributed by atoms with Crippen LogP contribution in [-0.2, 0) is 13.5 Å². The summed E-state index contributed by atoms with van der Waals surface area (Å²) in [7, 11) is 1.96.